The highest BCUT2D eigenvalue weighted by molar-refractivity contribution is 9.10. The molecule has 2 amide bonds. The molecular weight excluding hydrogens is 418 g/mol. The molecule has 0 aliphatic carbocycles. The Balaban J connectivity index is 1.33. The zero-order chi connectivity index (χ0) is 19.5. The summed E-state index contributed by atoms with van der Waals surface area (Å²) in [6, 6.07) is 16.0. The lowest BCUT2D eigenvalue weighted by atomic mass is 10.1. The summed E-state index contributed by atoms with van der Waals surface area (Å²) < 4.78 is 0.863. The predicted molar refractivity (Wildman–Crippen MR) is 114 cm³/mol. The largest absolute Gasteiger partial charge is 0.372 e. The maximum Gasteiger partial charge on any atom is 0.227 e. The molecule has 0 bridgehead atoms. The quantitative estimate of drug-likeness (QED) is 0.768. The molecule has 1 unspecified atom stereocenters. The van der Waals surface area contributed by atoms with Crippen molar-refractivity contribution in [1.29, 1.82) is 0 Å². The monoisotopic (exact) mass is 441 g/mol. The SMILES string of the molecule is O=C(NCc1ccc(N2CCCC2)cc1)C1CC(=O)N(c2ccccc2Br)C1. The van der Waals surface area contributed by atoms with E-state index in [4.69, 9.17) is 0 Å². The van der Waals surface area contributed by atoms with Gasteiger partial charge in [0.05, 0.1) is 11.6 Å². The molecule has 0 aromatic heterocycles. The lowest BCUT2D eigenvalue weighted by molar-refractivity contribution is -0.126. The summed E-state index contributed by atoms with van der Waals surface area (Å²) in [5.74, 6) is -0.392. The third-order valence-corrected chi connectivity index (χ3v) is 6.18. The van der Waals surface area contributed by atoms with Crippen LogP contribution in [0.4, 0.5) is 11.4 Å². The van der Waals surface area contributed by atoms with Crippen LogP contribution in [0, 0.1) is 5.92 Å². The smallest absolute Gasteiger partial charge is 0.227 e. The first-order valence-electron chi connectivity index (χ1n) is 9.78. The fourth-order valence-electron chi connectivity index (χ4n) is 3.92. The average Bonchev–Trinajstić information content (AvgIpc) is 3.37. The molecule has 0 radical (unpaired) electrons. The van der Waals surface area contributed by atoms with Crippen LogP contribution in [0.2, 0.25) is 0 Å². The van der Waals surface area contributed by atoms with Crippen molar-refractivity contribution in [3.05, 3.63) is 58.6 Å². The number of benzene rings is 2. The highest BCUT2D eigenvalue weighted by Crippen LogP contribution is 2.31. The summed E-state index contributed by atoms with van der Waals surface area (Å²) in [4.78, 5) is 29.1. The molecule has 146 valence electrons. The van der Waals surface area contributed by atoms with Gasteiger partial charge in [-0.3, -0.25) is 9.59 Å². The highest BCUT2D eigenvalue weighted by Gasteiger charge is 2.35. The number of carbonyl (C=O) groups excluding carboxylic acids is 2. The summed E-state index contributed by atoms with van der Waals surface area (Å²) in [6.45, 7) is 3.15. The van der Waals surface area contributed by atoms with Crippen molar-refractivity contribution in [2.45, 2.75) is 25.8 Å². The fraction of sp³-hybridized carbons (Fsp3) is 0.364. The van der Waals surface area contributed by atoms with Gasteiger partial charge in [-0.25, -0.2) is 0 Å². The van der Waals surface area contributed by atoms with Gasteiger partial charge >= 0.3 is 0 Å². The number of amides is 2. The van der Waals surface area contributed by atoms with Crippen molar-refractivity contribution in [3.63, 3.8) is 0 Å². The molecule has 2 heterocycles. The van der Waals surface area contributed by atoms with Crippen molar-refractivity contribution < 1.29 is 9.59 Å². The van der Waals surface area contributed by atoms with E-state index in [2.05, 4.69) is 50.4 Å². The summed E-state index contributed by atoms with van der Waals surface area (Å²) in [7, 11) is 0. The van der Waals surface area contributed by atoms with E-state index in [0.29, 0.717) is 13.1 Å². The Morgan fingerprint density at radius 2 is 1.79 bits per heavy atom. The van der Waals surface area contributed by atoms with E-state index in [1.165, 1.54) is 18.5 Å². The number of hydrogen-bond acceptors (Lipinski definition) is 3. The first kappa shape index (κ1) is 19.0. The first-order valence-corrected chi connectivity index (χ1v) is 10.6. The Morgan fingerprint density at radius 3 is 2.50 bits per heavy atom. The number of rotatable bonds is 5. The molecule has 0 spiro atoms. The van der Waals surface area contributed by atoms with E-state index in [1.54, 1.807) is 4.90 Å². The lowest BCUT2D eigenvalue weighted by Crippen LogP contribution is -2.32. The third-order valence-electron chi connectivity index (χ3n) is 5.51. The molecule has 2 aromatic carbocycles. The minimum atomic E-state index is -0.316. The lowest BCUT2D eigenvalue weighted by Gasteiger charge is -2.18. The number of carbonyl (C=O) groups is 2. The molecule has 2 saturated heterocycles. The molecule has 2 aromatic rings. The molecule has 0 saturated carbocycles. The minimum absolute atomic E-state index is 0.0120. The van der Waals surface area contributed by atoms with Crippen molar-refractivity contribution in [2.75, 3.05) is 29.4 Å². The predicted octanol–water partition coefficient (Wildman–Crippen LogP) is 3.72. The van der Waals surface area contributed by atoms with Crippen LogP contribution in [0.25, 0.3) is 0 Å². The van der Waals surface area contributed by atoms with Crippen LogP contribution in [0.5, 0.6) is 0 Å². The van der Waals surface area contributed by atoms with Gasteiger partial charge in [0, 0.05) is 42.8 Å². The first-order chi connectivity index (χ1) is 13.6. The third kappa shape index (κ3) is 4.07. The second-order valence-electron chi connectivity index (χ2n) is 7.44. The minimum Gasteiger partial charge on any atom is -0.372 e. The van der Waals surface area contributed by atoms with Crippen LogP contribution in [0.15, 0.2) is 53.0 Å². The maximum absolute atomic E-state index is 12.6. The van der Waals surface area contributed by atoms with Gasteiger partial charge in [-0.2, -0.15) is 0 Å². The Hall–Kier alpha value is -2.34. The van der Waals surface area contributed by atoms with E-state index >= 15 is 0 Å². The standard InChI is InChI=1S/C22H24BrN3O2/c23-19-5-1-2-6-20(19)26-15-17(13-21(26)27)22(28)24-14-16-7-9-18(10-8-16)25-11-3-4-12-25/h1-2,5-10,17H,3-4,11-15H2,(H,24,28). The van der Waals surface area contributed by atoms with Gasteiger partial charge in [-0.05, 0) is 58.6 Å². The Morgan fingerprint density at radius 1 is 1.07 bits per heavy atom. The van der Waals surface area contributed by atoms with Gasteiger partial charge < -0.3 is 15.1 Å². The number of nitrogens with zero attached hydrogens (tertiary/aromatic N) is 2. The van der Waals surface area contributed by atoms with Gasteiger partial charge in [0.1, 0.15) is 0 Å². The van der Waals surface area contributed by atoms with Crippen LogP contribution >= 0.6 is 15.9 Å². The fourth-order valence-corrected chi connectivity index (χ4v) is 4.42. The van der Waals surface area contributed by atoms with Crippen LogP contribution in [-0.4, -0.2) is 31.4 Å². The average molecular weight is 442 g/mol. The Kier molecular flexibility index (Phi) is 5.67. The molecule has 2 aliphatic rings. The summed E-state index contributed by atoms with van der Waals surface area (Å²) in [5.41, 5.74) is 3.14. The van der Waals surface area contributed by atoms with Crippen LogP contribution < -0.4 is 15.1 Å². The van der Waals surface area contributed by atoms with Crippen molar-refractivity contribution in [1.82, 2.24) is 5.32 Å². The van der Waals surface area contributed by atoms with Gasteiger partial charge in [0.2, 0.25) is 11.8 Å². The molecule has 28 heavy (non-hydrogen) atoms. The molecule has 4 rings (SSSR count). The van der Waals surface area contributed by atoms with Crippen molar-refractivity contribution in [3.8, 4) is 0 Å². The number of anilines is 2. The van der Waals surface area contributed by atoms with Gasteiger partial charge in [0.15, 0.2) is 0 Å². The maximum atomic E-state index is 12.6. The summed E-state index contributed by atoms with van der Waals surface area (Å²) >= 11 is 3.48. The van der Waals surface area contributed by atoms with Crippen LogP contribution in [0.3, 0.4) is 0 Å². The zero-order valence-electron chi connectivity index (χ0n) is 15.7. The van der Waals surface area contributed by atoms with Crippen LogP contribution in [0.1, 0.15) is 24.8 Å². The van der Waals surface area contributed by atoms with E-state index in [0.717, 1.165) is 28.8 Å². The number of halogens is 1. The van der Waals surface area contributed by atoms with E-state index in [9.17, 15) is 9.59 Å². The topological polar surface area (TPSA) is 52.7 Å². The number of nitrogens with one attached hydrogen (secondary N) is 1. The second kappa shape index (κ2) is 8.35. The summed E-state index contributed by atoms with van der Waals surface area (Å²) in [5, 5.41) is 2.99. The van der Waals surface area contributed by atoms with E-state index in [1.807, 2.05) is 24.3 Å². The molecular formula is C22H24BrN3O2. The van der Waals surface area contributed by atoms with Crippen molar-refractivity contribution >= 4 is 39.1 Å². The molecule has 6 heteroatoms. The van der Waals surface area contributed by atoms with Gasteiger partial charge in [0.25, 0.3) is 0 Å². The highest BCUT2D eigenvalue weighted by atomic mass is 79.9. The Labute approximate surface area is 173 Å². The number of hydrogen-bond donors (Lipinski definition) is 1. The second-order valence-corrected chi connectivity index (χ2v) is 8.29. The molecule has 1 N–H and O–H groups in total. The van der Waals surface area contributed by atoms with Crippen LogP contribution in [-0.2, 0) is 16.1 Å². The van der Waals surface area contributed by atoms with Gasteiger partial charge in [-0.1, -0.05) is 24.3 Å². The zero-order valence-corrected chi connectivity index (χ0v) is 17.3. The summed E-state index contributed by atoms with van der Waals surface area (Å²) in [6.07, 6.45) is 2.77. The normalized spacial score (nSPS) is 19.3. The van der Waals surface area contributed by atoms with Crippen molar-refractivity contribution in [2.24, 2.45) is 5.92 Å². The molecule has 5 nitrogen and oxygen atoms in total. The van der Waals surface area contributed by atoms with E-state index < -0.39 is 0 Å². The molecule has 2 aliphatic heterocycles. The number of para-hydroxylation sites is 1. The van der Waals surface area contributed by atoms with E-state index in [-0.39, 0.29) is 24.2 Å². The molecule has 1 atom stereocenters. The molecule has 2 fully saturated rings. The Bertz CT molecular complexity index is 862. The van der Waals surface area contributed by atoms with Gasteiger partial charge in [-0.15, -0.1) is 0 Å².